The molecule has 3 aromatic rings. The van der Waals surface area contributed by atoms with Crippen molar-refractivity contribution >= 4 is 21.4 Å². The normalized spacial score (nSPS) is 11.0. The van der Waals surface area contributed by atoms with E-state index in [1.54, 1.807) is 0 Å². The molecule has 2 heterocycles. The molecule has 1 aromatic carbocycles. The number of nitrogens with zero attached hydrogens (tertiary/aromatic N) is 2. The van der Waals surface area contributed by atoms with Crippen molar-refractivity contribution in [3.05, 3.63) is 58.8 Å². The Morgan fingerprint density at radius 2 is 2.11 bits per heavy atom. The molecule has 0 aliphatic carbocycles. The van der Waals surface area contributed by atoms with Crippen molar-refractivity contribution in [3.8, 4) is 11.4 Å². The number of imidazole rings is 1. The molecule has 3 rings (SSSR count). The van der Waals surface area contributed by atoms with Crippen LogP contribution in [0.3, 0.4) is 0 Å². The summed E-state index contributed by atoms with van der Waals surface area (Å²) < 4.78 is 3.12. The molecule has 0 aliphatic rings. The van der Waals surface area contributed by atoms with Crippen molar-refractivity contribution in [3.63, 3.8) is 0 Å². The lowest BCUT2D eigenvalue weighted by Gasteiger charge is -2.04. The summed E-state index contributed by atoms with van der Waals surface area (Å²) in [6, 6.07) is 12.2. The summed E-state index contributed by atoms with van der Waals surface area (Å²) in [6.45, 7) is 0.534. The number of pyridine rings is 1. The molecule has 4 heteroatoms. The van der Waals surface area contributed by atoms with Crippen LogP contribution in [0.4, 0.5) is 0 Å². The van der Waals surface area contributed by atoms with Gasteiger partial charge in [0.15, 0.2) is 0 Å². The summed E-state index contributed by atoms with van der Waals surface area (Å²) in [6.07, 6.45) is 3.91. The van der Waals surface area contributed by atoms with E-state index in [-0.39, 0.29) is 0 Å². The highest BCUT2D eigenvalue weighted by Gasteiger charge is 2.06. The Morgan fingerprint density at radius 3 is 2.89 bits per heavy atom. The molecule has 0 spiro atoms. The molecule has 0 aliphatic heterocycles. The second-order valence-corrected chi connectivity index (χ2v) is 5.04. The molecular weight excluding hydrogens is 290 g/mol. The lowest BCUT2D eigenvalue weighted by Crippen LogP contribution is -1.99. The highest BCUT2D eigenvalue weighted by atomic mass is 79.9. The second kappa shape index (κ2) is 4.55. The van der Waals surface area contributed by atoms with Crippen LogP contribution in [0, 0.1) is 0 Å². The fourth-order valence-electron chi connectivity index (χ4n) is 2.00. The molecule has 2 N–H and O–H groups in total. The van der Waals surface area contributed by atoms with Crippen molar-refractivity contribution in [1.82, 2.24) is 9.38 Å². The minimum absolute atomic E-state index is 0.534. The molecule has 0 unspecified atom stereocenters. The van der Waals surface area contributed by atoms with Gasteiger partial charge in [-0.25, -0.2) is 4.98 Å². The van der Waals surface area contributed by atoms with Gasteiger partial charge in [-0.2, -0.15) is 0 Å². The number of fused-ring (bicyclic) bond motifs is 1. The Labute approximate surface area is 113 Å². The molecule has 0 saturated heterocycles. The van der Waals surface area contributed by atoms with Gasteiger partial charge in [-0.05, 0) is 23.8 Å². The topological polar surface area (TPSA) is 43.3 Å². The van der Waals surface area contributed by atoms with Crippen LogP contribution in [0.5, 0.6) is 0 Å². The third-order valence-electron chi connectivity index (χ3n) is 2.91. The van der Waals surface area contributed by atoms with Gasteiger partial charge in [-0.3, -0.25) is 4.40 Å². The number of benzene rings is 1. The zero-order chi connectivity index (χ0) is 12.5. The van der Waals surface area contributed by atoms with E-state index in [9.17, 15) is 0 Å². The van der Waals surface area contributed by atoms with Gasteiger partial charge >= 0.3 is 0 Å². The van der Waals surface area contributed by atoms with Crippen LogP contribution in [0.2, 0.25) is 0 Å². The van der Waals surface area contributed by atoms with Crippen LogP contribution >= 0.6 is 15.9 Å². The van der Waals surface area contributed by atoms with Gasteiger partial charge in [0.2, 0.25) is 0 Å². The highest BCUT2D eigenvalue weighted by Crippen LogP contribution is 2.23. The molecule has 0 radical (unpaired) electrons. The van der Waals surface area contributed by atoms with E-state index in [1.807, 2.05) is 36.7 Å². The van der Waals surface area contributed by atoms with E-state index in [0.717, 1.165) is 26.9 Å². The first-order valence-corrected chi connectivity index (χ1v) is 6.49. The number of aromatic nitrogens is 2. The predicted octanol–water partition coefficient (Wildman–Crippen LogP) is 3.22. The third kappa shape index (κ3) is 1.94. The maximum atomic E-state index is 5.68. The average Bonchev–Trinajstić information content (AvgIpc) is 2.81. The molecule has 18 heavy (non-hydrogen) atoms. The summed E-state index contributed by atoms with van der Waals surface area (Å²) >= 11 is 3.48. The van der Waals surface area contributed by atoms with Crippen molar-refractivity contribution in [1.29, 1.82) is 0 Å². The number of nitrogens with two attached hydrogens (primary N) is 1. The smallest absolute Gasteiger partial charge is 0.144 e. The number of hydrogen-bond donors (Lipinski definition) is 1. The molecular formula is C14H12BrN3. The van der Waals surface area contributed by atoms with Gasteiger partial charge in [0, 0.05) is 22.8 Å². The maximum absolute atomic E-state index is 5.68. The van der Waals surface area contributed by atoms with Crippen LogP contribution in [0.25, 0.3) is 16.9 Å². The Kier molecular flexibility index (Phi) is 2.89. The maximum Gasteiger partial charge on any atom is 0.144 e. The molecule has 0 atom stereocenters. The van der Waals surface area contributed by atoms with Crippen LogP contribution < -0.4 is 5.73 Å². The first-order chi connectivity index (χ1) is 8.78. The van der Waals surface area contributed by atoms with E-state index >= 15 is 0 Å². The van der Waals surface area contributed by atoms with Crippen molar-refractivity contribution in [2.75, 3.05) is 0 Å². The van der Waals surface area contributed by atoms with E-state index in [2.05, 4.69) is 37.4 Å². The summed E-state index contributed by atoms with van der Waals surface area (Å²) in [5.41, 5.74) is 8.93. The van der Waals surface area contributed by atoms with E-state index in [1.165, 1.54) is 0 Å². The quantitative estimate of drug-likeness (QED) is 0.790. The first kappa shape index (κ1) is 11.4. The Hall–Kier alpha value is -1.65. The van der Waals surface area contributed by atoms with Gasteiger partial charge in [-0.1, -0.05) is 34.1 Å². The summed E-state index contributed by atoms with van der Waals surface area (Å²) in [4.78, 5) is 4.48. The van der Waals surface area contributed by atoms with Gasteiger partial charge in [-0.15, -0.1) is 0 Å². The molecule has 3 nitrogen and oxygen atoms in total. The fraction of sp³-hybridized carbons (Fsp3) is 0.0714. The van der Waals surface area contributed by atoms with Crippen LogP contribution in [0.15, 0.2) is 53.3 Å². The average molecular weight is 302 g/mol. The Morgan fingerprint density at radius 1 is 1.22 bits per heavy atom. The third-order valence-corrected chi connectivity index (χ3v) is 3.40. The highest BCUT2D eigenvalue weighted by molar-refractivity contribution is 9.10. The fourth-order valence-corrected chi connectivity index (χ4v) is 2.40. The molecule has 0 bridgehead atoms. The molecule has 0 saturated carbocycles. The zero-order valence-corrected chi connectivity index (χ0v) is 11.3. The number of hydrogen-bond acceptors (Lipinski definition) is 2. The summed E-state index contributed by atoms with van der Waals surface area (Å²) in [5, 5.41) is 0. The van der Waals surface area contributed by atoms with Crippen molar-refractivity contribution < 1.29 is 0 Å². The summed E-state index contributed by atoms with van der Waals surface area (Å²) in [5.74, 6) is 0.932. The molecule has 0 fully saturated rings. The van der Waals surface area contributed by atoms with Gasteiger partial charge in [0.25, 0.3) is 0 Å². The molecule has 2 aromatic heterocycles. The van der Waals surface area contributed by atoms with Gasteiger partial charge < -0.3 is 5.73 Å². The zero-order valence-electron chi connectivity index (χ0n) is 9.68. The first-order valence-electron chi connectivity index (χ1n) is 5.70. The predicted molar refractivity (Wildman–Crippen MR) is 76.2 cm³/mol. The molecule has 90 valence electrons. The lowest BCUT2D eigenvalue weighted by atomic mass is 10.2. The van der Waals surface area contributed by atoms with E-state index in [0.29, 0.717) is 6.54 Å². The van der Waals surface area contributed by atoms with E-state index < -0.39 is 0 Å². The monoisotopic (exact) mass is 301 g/mol. The molecule has 0 amide bonds. The van der Waals surface area contributed by atoms with Crippen molar-refractivity contribution in [2.24, 2.45) is 5.73 Å². The SMILES string of the molecule is NCc1ccc2cnc(-c3cccc(Br)c3)n2c1. The lowest BCUT2D eigenvalue weighted by molar-refractivity contribution is 1.03. The minimum atomic E-state index is 0.534. The van der Waals surface area contributed by atoms with Gasteiger partial charge in [0.05, 0.1) is 11.7 Å². The van der Waals surface area contributed by atoms with Crippen molar-refractivity contribution in [2.45, 2.75) is 6.54 Å². The van der Waals surface area contributed by atoms with Crippen LogP contribution in [-0.2, 0) is 6.54 Å². The number of rotatable bonds is 2. The number of halogens is 1. The Balaban J connectivity index is 2.22. The van der Waals surface area contributed by atoms with Gasteiger partial charge in [0.1, 0.15) is 5.82 Å². The van der Waals surface area contributed by atoms with Crippen LogP contribution in [0.1, 0.15) is 5.56 Å². The Bertz CT molecular complexity index is 703. The standard InChI is InChI=1S/C14H12BrN3/c15-12-3-1-2-11(6-12)14-17-8-13-5-4-10(7-16)9-18(13)14/h1-6,8-9H,7,16H2. The van der Waals surface area contributed by atoms with E-state index in [4.69, 9.17) is 5.73 Å². The second-order valence-electron chi connectivity index (χ2n) is 4.13. The summed E-state index contributed by atoms with van der Waals surface area (Å²) in [7, 11) is 0. The largest absolute Gasteiger partial charge is 0.326 e. The van der Waals surface area contributed by atoms with Crippen LogP contribution in [-0.4, -0.2) is 9.38 Å². The minimum Gasteiger partial charge on any atom is -0.326 e.